The maximum atomic E-state index is 13.9. The van der Waals surface area contributed by atoms with E-state index in [4.69, 9.17) is 18.6 Å². The van der Waals surface area contributed by atoms with E-state index in [1.54, 1.807) is 41.2 Å². The van der Waals surface area contributed by atoms with Crippen molar-refractivity contribution in [3.8, 4) is 39.7 Å². The molecule has 2 N–H and O–H groups in total. The first-order valence-corrected chi connectivity index (χ1v) is 18.0. The number of halogens is 1. The summed E-state index contributed by atoms with van der Waals surface area (Å²) in [4.78, 5) is 22.2. The number of nitrogens with one attached hydrogen (secondary N) is 1. The monoisotopic (exact) mass is 723 g/mol. The molecule has 0 aliphatic heterocycles. The maximum absolute atomic E-state index is 13.9. The minimum absolute atomic E-state index is 0.0731. The Morgan fingerprint density at radius 1 is 1.04 bits per heavy atom. The molecule has 0 bridgehead atoms. The summed E-state index contributed by atoms with van der Waals surface area (Å²) in [6.45, 7) is 1.68. The van der Waals surface area contributed by atoms with Gasteiger partial charge in [0.25, 0.3) is 5.91 Å². The third-order valence-electron chi connectivity index (χ3n) is 8.75. The van der Waals surface area contributed by atoms with Crippen molar-refractivity contribution in [3.05, 3.63) is 108 Å². The predicted octanol–water partition coefficient (Wildman–Crippen LogP) is 6.41. The maximum Gasteiger partial charge on any atom is 0.255 e. The molecule has 0 saturated carbocycles. The van der Waals surface area contributed by atoms with Crippen LogP contribution in [0.15, 0.2) is 100 Å². The highest BCUT2D eigenvalue weighted by molar-refractivity contribution is 7.92. The highest BCUT2D eigenvalue weighted by atomic mass is 32.2. The van der Waals surface area contributed by atoms with Gasteiger partial charge in [0, 0.05) is 42.0 Å². The van der Waals surface area contributed by atoms with Gasteiger partial charge in [-0.2, -0.15) is 0 Å². The van der Waals surface area contributed by atoms with Crippen LogP contribution in [0.25, 0.3) is 56.0 Å². The average Bonchev–Trinajstić information content (AvgIpc) is 3.89. The Balaban J connectivity index is 1.48. The van der Waals surface area contributed by atoms with Gasteiger partial charge in [-0.05, 0) is 66.6 Å². The van der Waals surface area contributed by atoms with Gasteiger partial charge < -0.3 is 28.6 Å². The minimum atomic E-state index is -4.04. The second-order valence-corrected chi connectivity index (χ2v) is 14.2. The van der Waals surface area contributed by atoms with Crippen molar-refractivity contribution >= 4 is 43.7 Å². The van der Waals surface area contributed by atoms with Crippen LogP contribution in [0.3, 0.4) is 0 Å². The summed E-state index contributed by atoms with van der Waals surface area (Å²) >= 11 is 0. The van der Waals surface area contributed by atoms with E-state index in [9.17, 15) is 22.7 Å². The Kier molecular flexibility index (Phi) is 9.02. The Labute approximate surface area is 298 Å². The second-order valence-electron chi connectivity index (χ2n) is 12.3. The number of carbonyl (C=O) groups is 1. The van der Waals surface area contributed by atoms with Gasteiger partial charge in [-0.25, -0.2) is 22.8 Å². The normalized spacial score (nSPS) is 12.3. The van der Waals surface area contributed by atoms with Gasteiger partial charge in [0.2, 0.25) is 15.9 Å². The smallest absolute Gasteiger partial charge is 0.255 e. The number of hydrogen-bond donors (Lipinski definition) is 2. The summed E-state index contributed by atoms with van der Waals surface area (Å²) in [5.74, 6) is -0.0208. The van der Waals surface area contributed by atoms with Crippen LogP contribution >= 0.6 is 0 Å². The number of para-hydroxylation sites is 1. The molecule has 4 aromatic carbocycles. The molecule has 3 heterocycles. The van der Waals surface area contributed by atoms with E-state index in [2.05, 4.69) is 10.3 Å². The number of ether oxygens (including phenoxy) is 1. The van der Waals surface area contributed by atoms with Gasteiger partial charge in [0.15, 0.2) is 5.58 Å². The van der Waals surface area contributed by atoms with Crippen LogP contribution in [0.2, 0.25) is 0 Å². The number of benzene rings is 4. The molecule has 1 atom stereocenters. The number of aromatic nitrogens is 3. The fraction of sp³-hybridized carbons (Fsp3) is 0.184. The van der Waals surface area contributed by atoms with Gasteiger partial charge in [-0.1, -0.05) is 18.2 Å². The van der Waals surface area contributed by atoms with Gasteiger partial charge in [0.05, 0.1) is 55.7 Å². The number of aliphatic hydroxyl groups is 1. The largest absolute Gasteiger partial charge is 0.496 e. The Bertz CT molecular complexity index is 2550. The predicted molar refractivity (Wildman–Crippen MR) is 195 cm³/mol. The Morgan fingerprint density at radius 3 is 2.48 bits per heavy atom. The van der Waals surface area contributed by atoms with Crippen molar-refractivity contribution in [1.29, 1.82) is 0 Å². The number of oxazole rings is 1. The number of anilines is 1. The molecule has 7 rings (SSSR count). The zero-order valence-electron chi connectivity index (χ0n) is 28.6. The van der Waals surface area contributed by atoms with Crippen molar-refractivity contribution in [2.75, 3.05) is 31.3 Å². The number of fused-ring (bicyclic) bond motifs is 2. The van der Waals surface area contributed by atoms with Gasteiger partial charge in [-0.3, -0.25) is 9.10 Å². The highest BCUT2D eigenvalue weighted by Crippen LogP contribution is 2.44. The van der Waals surface area contributed by atoms with Crippen LogP contribution in [0, 0.1) is 12.7 Å². The number of nitrogens with zero attached hydrogens (tertiary/aromatic N) is 4. The molecule has 12 nitrogen and oxygen atoms in total. The van der Waals surface area contributed by atoms with E-state index in [1.807, 2.05) is 25.1 Å². The number of methoxy groups -OCH3 is 1. The number of sulfonamides is 1. The number of aryl methyl sites for hydroxylation is 1. The molecule has 3 aromatic heterocycles. The lowest BCUT2D eigenvalue weighted by atomic mass is 9.96. The van der Waals surface area contributed by atoms with Crippen molar-refractivity contribution in [2.24, 2.45) is 0 Å². The summed E-state index contributed by atoms with van der Waals surface area (Å²) in [5.41, 5.74) is 4.58. The molecule has 52 heavy (non-hydrogen) atoms. The first-order valence-electron chi connectivity index (χ1n) is 16.2. The summed E-state index contributed by atoms with van der Waals surface area (Å²) in [7, 11) is -1.03. The number of furan rings is 1. The zero-order chi connectivity index (χ0) is 36.7. The summed E-state index contributed by atoms with van der Waals surface area (Å²) < 4.78 is 62.0. The molecule has 0 saturated heterocycles. The third-order valence-corrected chi connectivity index (χ3v) is 9.90. The van der Waals surface area contributed by atoms with Crippen molar-refractivity contribution in [1.82, 2.24) is 19.9 Å². The van der Waals surface area contributed by atoms with Crippen molar-refractivity contribution in [2.45, 2.75) is 19.6 Å². The van der Waals surface area contributed by atoms with Crippen LogP contribution in [-0.4, -0.2) is 67.0 Å². The van der Waals surface area contributed by atoms with Crippen molar-refractivity contribution in [3.63, 3.8) is 0 Å². The van der Waals surface area contributed by atoms with Crippen LogP contribution < -0.4 is 14.4 Å². The van der Waals surface area contributed by atoms with E-state index in [1.165, 1.54) is 50.8 Å². The number of imidazole rings is 1. The lowest BCUT2D eigenvalue weighted by Gasteiger charge is -2.27. The summed E-state index contributed by atoms with van der Waals surface area (Å²) in [6, 6.07) is 19.6. The number of hydrogen-bond acceptors (Lipinski definition) is 9. The van der Waals surface area contributed by atoms with Crippen molar-refractivity contribution < 1.29 is 36.3 Å². The Morgan fingerprint density at radius 2 is 1.81 bits per heavy atom. The molecule has 14 heteroatoms. The fourth-order valence-electron chi connectivity index (χ4n) is 6.27. The van der Waals surface area contributed by atoms with Crippen LogP contribution in [-0.2, 0) is 16.6 Å². The van der Waals surface area contributed by atoms with E-state index in [0.29, 0.717) is 44.5 Å². The van der Waals surface area contributed by atoms with Crippen LogP contribution in [0.5, 0.6) is 5.75 Å². The third kappa shape index (κ3) is 6.49. The number of amides is 1. The van der Waals surface area contributed by atoms with Gasteiger partial charge in [0.1, 0.15) is 28.4 Å². The standard InChI is InChI=1S/C38H34FN5O7S/c1-22-6-5-7-32-35(22)42-38(51-32)29-16-24(10-13-31(29)49-3)27-17-28-33(50-36(34(28)37(46)40-2)23-8-11-25(39)12-9-23)18-30(27)44(52(4,47)48)20-26(45)19-43-15-14-41-21-43/h5-18,21,26,45H,19-20H2,1-4H3,(H,40,46). The first kappa shape index (κ1) is 34.5. The molecular weight excluding hydrogens is 690 g/mol. The van der Waals surface area contributed by atoms with Gasteiger partial charge in [-0.15, -0.1) is 0 Å². The molecule has 0 spiro atoms. The lowest BCUT2D eigenvalue weighted by Crippen LogP contribution is -2.38. The van der Waals surface area contributed by atoms with Crippen LogP contribution in [0.4, 0.5) is 10.1 Å². The molecule has 1 unspecified atom stereocenters. The first-order chi connectivity index (χ1) is 24.9. The van der Waals surface area contributed by atoms with Gasteiger partial charge >= 0.3 is 0 Å². The molecule has 0 radical (unpaired) electrons. The van der Waals surface area contributed by atoms with E-state index in [0.717, 1.165) is 16.1 Å². The second kappa shape index (κ2) is 13.6. The number of aliphatic hydroxyl groups excluding tert-OH is 1. The molecule has 266 valence electrons. The Hall–Kier alpha value is -5.99. The molecular formula is C38H34FN5O7S. The average molecular weight is 724 g/mol. The van der Waals surface area contributed by atoms with E-state index < -0.39 is 27.9 Å². The number of carbonyl (C=O) groups excluding carboxylic acids is 1. The summed E-state index contributed by atoms with van der Waals surface area (Å²) in [5, 5.41) is 14.2. The molecule has 0 aliphatic carbocycles. The van der Waals surface area contributed by atoms with E-state index in [-0.39, 0.29) is 41.6 Å². The fourth-order valence-corrected chi connectivity index (χ4v) is 7.22. The summed E-state index contributed by atoms with van der Waals surface area (Å²) in [6.07, 6.45) is 4.66. The number of rotatable bonds is 11. The molecule has 0 aliphatic rings. The molecule has 1 amide bonds. The SMILES string of the molecule is CNC(=O)c1c(-c2ccc(F)cc2)oc2cc(N(CC(O)Cn3ccnc3)S(C)(=O)=O)c(-c3ccc(OC)c(-c4nc5c(C)cccc5o4)c3)cc12. The lowest BCUT2D eigenvalue weighted by molar-refractivity contribution is 0.0964. The minimum Gasteiger partial charge on any atom is -0.496 e. The zero-order valence-corrected chi connectivity index (χ0v) is 29.4. The quantitative estimate of drug-likeness (QED) is 0.154. The molecule has 7 aromatic rings. The van der Waals surface area contributed by atoms with E-state index >= 15 is 0 Å². The topological polar surface area (TPSA) is 153 Å². The highest BCUT2D eigenvalue weighted by Gasteiger charge is 2.29. The molecule has 0 fully saturated rings. The van der Waals surface area contributed by atoms with Crippen LogP contribution in [0.1, 0.15) is 15.9 Å².